The number of para-hydroxylation sites is 1. The van der Waals surface area contributed by atoms with Crippen LogP contribution in [0.15, 0.2) is 71.1 Å². The molecule has 0 spiro atoms. The molecule has 0 aliphatic carbocycles. The molecular formula is C20H18ClN3O2S. The first-order valence-electron chi connectivity index (χ1n) is 8.33. The number of fused-ring (bicyclic) bond motifs is 1. The van der Waals surface area contributed by atoms with Crippen molar-refractivity contribution >= 4 is 45.9 Å². The molecule has 0 saturated carbocycles. The normalized spacial score (nSPS) is 11.9. The van der Waals surface area contributed by atoms with Gasteiger partial charge in [-0.15, -0.1) is 6.58 Å². The molecule has 27 heavy (non-hydrogen) atoms. The van der Waals surface area contributed by atoms with E-state index in [4.69, 9.17) is 11.6 Å². The molecule has 3 rings (SSSR count). The molecule has 1 N–H and O–H groups in total. The Labute approximate surface area is 166 Å². The first kappa shape index (κ1) is 19.2. The average molecular weight is 400 g/mol. The summed E-state index contributed by atoms with van der Waals surface area (Å²) < 4.78 is 1.53. The number of halogens is 1. The summed E-state index contributed by atoms with van der Waals surface area (Å²) in [7, 11) is 0. The maximum Gasteiger partial charge on any atom is 0.262 e. The molecule has 1 heterocycles. The minimum Gasteiger partial charge on any atom is -0.325 e. The fourth-order valence-corrected chi connectivity index (χ4v) is 3.56. The predicted molar refractivity (Wildman–Crippen MR) is 112 cm³/mol. The molecule has 1 atom stereocenters. The van der Waals surface area contributed by atoms with Gasteiger partial charge in [-0.2, -0.15) is 0 Å². The molecule has 1 unspecified atom stereocenters. The van der Waals surface area contributed by atoms with Gasteiger partial charge in [0.2, 0.25) is 5.91 Å². The fraction of sp³-hybridized carbons (Fsp3) is 0.150. The summed E-state index contributed by atoms with van der Waals surface area (Å²) in [6, 6.07) is 14.1. The van der Waals surface area contributed by atoms with Crippen LogP contribution in [-0.4, -0.2) is 20.7 Å². The van der Waals surface area contributed by atoms with Gasteiger partial charge in [0.25, 0.3) is 5.56 Å². The highest BCUT2D eigenvalue weighted by Crippen LogP contribution is 2.24. The van der Waals surface area contributed by atoms with Gasteiger partial charge >= 0.3 is 0 Å². The maximum absolute atomic E-state index is 12.8. The van der Waals surface area contributed by atoms with Crippen molar-refractivity contribution in [3.63, 3.8) is 0 Å². The quantitative estimate of drug-likeness (QED) is 0.380. The van der Waals surface area contributed by atoms with Gasteiger partial charge in [-0.3, -0.25) is 14.2 Å². The summed E-state index contributed by atoms with van der Waals surface area (Å²) >= 11 is 7.10. The lowest BCUT2D eigenvalue weighted by Gasteiger charge is -2.15. The maximum atomic E-state index is 12.8. The number of nitrogens with zero attached hydrogens (tertiary/aromatic N) is 2. The van der Waals surface area contributed by atoms with Gasteiger partial charge in [-0.05, 0) is 43.3 Å². The molecule has 0 aliphatic rings. The predicted octanol–water partition coefficient (Wildman–Crippen LogP) is 4.36. The van der Waals surface area contributed by atoms with Crippen molar-refractivity contribution in [1.29, 1.82) is 0 Å². The van der Waals surface area contributed by atoms with E-state index in [0.29, 0.717) is 33.3 Å². The van der Waals surface area contributed by atoms with Crippen molar-refractivity contribution in [1.82, 2.24) is 9.55 Å². The minimum atomic E-state index is -0.454. The Bertz CT molecular complexity index is 1050. The summed E-state index contributed by atoms with van der Waals surface area (Å²) in [6.45, 7) is 5.81. The van der Waals surface area contributed by atoms with Gasteiger partial charge in [0.05, 0.1) is 16.2 Å². The lowest BCUT2D eigenvalue weighted by atomic mass is 10.2. The SMILES string of the molecule is C=CCn1c(SC(C)C(=O)Nc2ccc(Cl)cc2)nc2ccccc2c1=O. The van der Waals surface area contributed by atoms with Crippen molar-refractivity contribution < 1.29 is 4.79 Å². The molecule has 2 aromatic carbocycles. The minimum absolute atomic E-state index is 0.145. The molecule has 1 amide bonds. The van der Waals surface area contributed by atoms with E-state index < -0.39 is 5.25 Å². The van der Waals surface area contributed by atoms with Crippen LogP contribution in [0.1, 0.15) is 6.92 Å². The Morgan fingerprint density at radius 3 is 2.70 bits per heavy atom. The average Bonchev–Trinajstić information content (AvgIpc) is 2.66. The lowest BCUT2D eigenvalue weighted by Crippen LogP contribution is -2.26. The van der Waals surface area contributed by atoms with E-state index in [2.05, 4.69) is 16.9 Å². The van der Waals surface area contributed by atoms with E-state index in [1.165, 1.54) is 16.3 Å². The van der Waals surface area contributed by atoms with Crippen molar-refractivity contribution in [3.05, 3.63) is 76.6 Å². The number of hydrogen-bond acceptors (Lipinski definition) is 4. The third-order valence-corrected chi connectivity index (χ3v) is 5.24. The second kappa shape index (κ2) is 8.41. The van der Waals surface area contributed by atoms with E-state index in [1.807, 2.05) is 6.07 Å². The van der Waals surface area contributed by atoms with E-state index in [-0.39, 0.29) is 11.5 Å². The summed E-state index contributed by atoms with van der Waals surface area (Å²) in [5.74, 6) is -0.185. The van der Waals surface area contributed by atoms with Gasteiger partial charge in [-0.25, -0.2) is 4.98 Å². The Kier molecular flexibility index (Phi) is 5.98. The Balaban J connectivity index is 1.87. The van der Waals surface area contributed by atoms with Gasteiger partial charge in [0.15, 0.2) is 5.16 Å². The number of rotatable bonds is 6. The molecule has 3 aromatic rings. The molecule has 0 fully saturated rings. The van der Waals surface area contributed by atoms with E-state index >= 15 is 0 Å². The molecule has 0 radical (unpaired) electrons. The molecule has 0 aliphatic heterocycles. The summed E-state index contributed by atoms with van der Waals surface area (Å²) in [5, 5.41) is 4.01. The Morgan fingerprint density at radius 1 is 1.30 bits per heavy atom. The van der Waals surface area contributed by atoms with Crippen LogP contribution in [0.3, 0.4) is 0 Å². The van der Waals surface area contributed by atoms with Crippen LogP contribution in [0.5, 0.6) is 0 Å². The summed E-state index contributed by atoms with van der Waals surface area (Å²) in [5.41, 5.74) is 1.12. The molecular weight excluding hydrogens is 382 g/mol. The van der Waals surface area contributed by atoms with Gasteiger partial charge in [0.1, 0.15) is 0 Å². The number of nitrogens with one attached hydrogen (secondary N) is 1. The molecule has 5 nitrogen and oxygen atoms in total. The number of carbonyl (C=O) groups is 1. The molecule has 138 valence electrons. The van der Waals surface area contributed by atoms with E-state index in [9.17, 15) is 9.59 Å². The topological polar surface area (TPSA) is 64.0 Å². The van der Waals surface area contributed by atoms with E-state index in [0.717, 1.165) is 0 Å². The van der Waals surface area contributed by atoms with Crippen LogP contribution >= 0.6 is 23.4 Å². The van der Waals surface area contributed by atoms with Gasteiger partial charge in [-0.1, -0.05) is 41.6 Å². The highest BCUT2D eigenvalue weighted by molar-refractivity contribution is 8.00. The third kappa shape index (κ3) is 4.40. The van der Waals surface area contributed by atoms with E-state index in [1.54, 1.807) is 55.5 Å². The van der Waals surface area contributed by atoms with Crippen molar-refractivity contribution in [2.75, 3.05) is 5.32 Å². The van der Waals surface area contributed by atoms with Crippen LogP contribution in [0.4, 0.5) is 5.69 Å². The highest BCUT2D eigenvalue weighted by Gasteiger charge is 2.19. The number of thioether (sulfide) groups is 1. The number of allylic oxidation sites excluding steroid dienone is 1. The number of carbonyl (C=O) groups excluding carboxylic acids is 1. The van der Waals surface area contributed by atoms with Gasteiger partial charge < -0.3 is 5.32 Å². The summed E-state index contributed by atoms with van der Waals surface area (Å²) in [6.07, 6.45) is 1.64. The van der Waals surface area contributed by atoms with Crippen LogP contribution in [0, 0.1) is 0 Å². The molecule has 0 saturated heterocycles. The second-order valence-electron chi connectivity index (χ2n) is 5.87. The number of aromatic nitrogens is 2. The Hall–Kier alpha value is -2.57. The number of amides is 1. The molecule has 1 aromatic heterocycles. The van der Waals surface area contributed by atoms with Crippen LogP contribution in [0.25, 0.3) is 10.9 Å². The number of benzene rings is 2. The Morgan fingerprint density at radius 2 is 2.00 bits per heavy atom. The zero-order chi connectivity index (χ0) is 19.4. The van der Waals surface area contributed by atoms with Crippen LogP contribution in [0.2, 0.25) is 5.02 Å². The zero-order valence-corrected chi connectivity index (χ0v) is 16.3. The summed E-state index contributed by atoms with van der Waals surface area (Å²) in [4.78, 5) is 29.9. The van der Waals surface area contributed by atoms with Crippen molar-refractivity contribution in [2.45, 2.75) is 23.9 Å². The fourth-order valence-electron chi connectivity index (χ4n) is 2.52. The highest BCUT2D eigenvalue weighted by atomic mass is 35.5. The number of anilines is 1. The smallest absolute Gasteiger partial charge is 0.262 e. The first-order chi connectivity index (χ1) is 13.0. The molecule has 0 bridgehead atoms. The van der Waals surface area contributed by atoms with Crippen molar-refractivity contribution in [2.24, 2.45) is 0 Å². The third-order valence-electron chi connectivity index (χ3n) is 3.90. The lowest BCUT2D eigenvalue weighted by molar-refractivity contribution is -0.115. The monoisotopic (exact) mass is 399 g/mol. The standard InChI is InChI=1S/C20H18ClN3O2S/c1-3-12-24-19(26)16-6-4-5-7-17(16)23-20(24)27-13(2)18(25)22-15-10-8-14(21)9-11-15/h3-11,13H,1,12H2,2H3,(H,22,25). The largest absolute Gasteiger partial charge is 0.325 e. The van der Waals surface area contributed by atoms with Crippen LogP contribution < -0.4 is 10.9 Å². The number of hydrogen-bond donors (Lipinski definition) is 1. The zero-order valence-electron chi connectivity index (χ0n) is 14.7. The first-order valence-corrected chi connectivity index (χ1v) is 9.59. The van der Waals surface area contributed by atoms with Crippen molar-refractivity contribution in [3.8, 4) is 0 Å². The van der Waals surface area contributed by atoms with Crippen LogP contribution in [-0.2, 0) is 11.3 Å². The second-order valence-corrected chi connectivity index (χ2v) is 7.62. The molecule has 7 heteroatoms. The van der Waals surface area contributed by atoms with Gasteiger partial charge in [0, 0.05) is 17.3 Å².